The largest absolute Gasteiger partial charge is 0.260 e. The zero-order chi connectivity index (χ0) is 13.7. The average Bonchev–Trinajstić information content (AvgIpc) is 2.45. The van der Waals surface area contributed by atoms with E-state index in [4.69, 9.17) is 0 Å². The van der Waals surface area contributed by atoms with Gasteiger partial charge in [-0.2, -0.15) is 0 Å². The SMILES string of the molecule is CSNCc1cccc(-c2cccc(C(C)C)c2)c1. The van der Waals surface area contributed by atoms with Gasteiger partial charge in [0.1, 0.15) is 0 Å². The Hall–Kier alpha value is -1.25. The van der Waals surface area contributed by atoms with Crippen molar-refractivity contribution in [3.8, 4) is 11.1 Å². The lowest BCUT2D eigenvalue weighted by molar-refractivity contribution is 0.867. The van der Waals surface area contributed by atoms with E-state index in [0.717, 1.165) is 6.54 Å². The maximum atomic E-state index is 3.29. The van der Waals surface area contributed by atoms with Crippen LogP contribution in [0.15, 0.2) is 48.5 Å². The van der Waals surface area contributed by atoms with Crippen LogP contribution in [0, 0.1) is 0 Å². The molecule has 2 rings (SSSR count). The summed E-state index contributed by atoms with van der Waals surface area (Å²) >= 11 is 1.65. The van der Waals surface area contributed by atoms with Crippen molar-refractivity contribution in [3.63, 3.8) is 0 Å². The molecule has 2 aromatic rings. The van der Waals surface area contributed by atoms with E-state index in [-0.39, 0.29) is 0 Å². The minimum Gasteiger partial charge on any atom is -0.260 e. The van der Waals surface area contributed by atoms with E-state index < -0.39 is 0 Å². The van der Waals surface area contributed by atoms with Crippen LogP contribution in [-0.2, 0) is 6.54 Å². The summed E-state index contributed by atoms with van der Waals surface area (Å²) in [5.41, 5.74) is 5.31. The van der Waals surface area contributed by atoms with Crippen LogP contribution >= 0.6 is 11.9 Å². The molecule has 0 unspecified atom stereocenters. The van der Waals surface area contributed by atoms with Gasteiger partial charge in [-0.1, -0.05) is 68.3 Å². The Morgan fingerprint density at radius 3 is 2.37 bits per heavy atom. The molecule has 2 heteroatoms. The standard InChI is InChI=1S/C17H21NS/c1-13(2)15-7-5-9-17(11-15)16-8-4-6-14(10-16)12-18-19-3/h4-11,13,18H,12H2,1-3H3. The Kier molecular flexibility index (Phi) is 5.06. The van der Waals surface area contributed by atoms with Crippen molar-refractivity contribution in [3.05, 3.63) is 59.7 Å². The van der Waals surface area contributed by atoms with Gasteiger partial charge < -0.3 is 0 Å². The summed E-state index contributed by atoms with van der Waals surface area (Å²) in [5, 5.41) is 0. The van der Waals surface area contributed by atoms with Gasteiger partial charge in [0, 0.05) is 6.54 Å². The van der Waals surface area contributed by atoms with E-state index in [0.29, 0.717) is 5.92 Å². The zero-order valence-corrected chi connectivity index (χ0v) is 12.6. The van der Waals surface area contributed by atoms with Crippen molar-refractivity contribution in [1.82, 2.24) is 4.72 Å². The lowest BCUT2D eigenvalue weighted by Gasteiger charge is -2.09. The van der Waals surface area contributed by atoms with Crippen LogP contribution < -0.4 is 4.72 Å². The molecule has 2 aromatic carbocycles. The van der Waals surface area contributed by atoms with Crippen LogP contribution in [0.5, 0.6) is 0 Å². The van der Waals surface area contributed by atoms with Crippen molar-refractivity contribution in [2.45, 2.75) is 26.3 Å². The Bertz CT molecular complexity index is 534. The van der Waals surface area contributed by atoms with E-state index in [1.54, 1.807) is 11.9 Å². The van der Waals surface area contributed by atoms with Crippen LogP contribution in [-0.4, -0.2) is 6.26 Å². The summed E-state index contributed by atoms with van der Waals surface area (Å²) in [6.45, 7) is 5.37. The second-order valence-electron chi connectivity index (χ2n) is 5.01. The first-order chi connectivity index (χ1) is 9.20. The highest BCUT2D eigenvalue weighted by atomic mass is 32.2. The van der Waals surface area contributed by atoms with Crippen molar-refractivity contribution in [1.29, 1.82) is 0 Å². The van der Waals surface area contributed by atoms with Crippen molar-refractivity contribution < 1.29 is 0 Å². The molecule has 0 radical (unpaired) electrons. The van der Waals surface area contributed by atoms with Crippen LogP contribution in [0.25, 0.3) is 11.1 Å². The number of rotatable bonds is 5. The number of hydrogen-bond acceptors (Lipinski definition) is 2. The summed E-state index contributed by atoms with van der Waals surface area (Å²) in [7, 11) is 0. The van der Waals surface area contributed by atoms with Crippen LogP contribution in [0.1, 0.15) is 30.9 Å². The summed E-state index contributed by atoms with van der Waals surface area (Å²) in [6.07, 6.45) is 2.05. The molecular formula is C17H21NS. The summed E-state index contributed by atoms with van der Waals surface area (Å²) in [4.78, 5) is 0. The first kappa shape index (κ1) is 14.2. The highest BCUT2D eigenvalue weighted by Gasteiger charge is 2.03. The van der Waals surface area contributed by atoms with Gasteiger partial charge >= 0.3 is 0 Å². The molecule has 0 aliphatic carbocycles. The first-order valence-corrected chi connectivity index (χ1v) is 7.88. The third kappa shape index (κ3) is 3.85. The first-order valence-electron chi connectivity index (χ1n) is 6.66. The van der Waals surface area contributed by atoms with Gasteiger partial charge in [-0.05, 0) is 40.5 Å². The Labute approximate surface area is 120 Å². The van der Waals surface area contributed by atoms with E-state index >= 15 is 0 Å². The topological polar surface area (TPSA) is 12.0 Å². The van der Waals surface area contributed by atoms with Crippen LogP contribution in [0.3, 0.4) is 0 Å². The van der Waals surface area contributed by atoms with E-state index in [1.165, 1.54) is 22.3 Å². The predicted molar refractivity (Wildman–Crippen MR) is 86.3 cm³/mol. The minimum atomic E-state index is 0.571. The molecule has 0 fully saturated rings. The predicted octanol–water partition coefficient (Wildman–Crippen LogP) is 4.84. The van der Waals surface area contributed by atoms with Gasteiger partial charge in [-0.15, -0.1) is 0 Å². The smallest absolute Gasteiger partial charge is 0.0310 e. The number of benzene rings is 2. The van der Waals surface area contributed by atoms with Crippen LogP contribution in [0.4, 0.5) is 0 Å². The molecule has 0 heterocycles. The molecule has 0 spiro atoms. The molecule has 0 bridgehead atoms. The second-order valence-corrected chi connectivity index (χ2v) is 5.70. The monoisotopic (exact) mass is 271 g/mol. The fourth-order valence-corrected chi connectivity index (χ4v) is 2.40. The number of nitrogens with one attached hydrogen (secondary N) is 1. The van der Waals surface area contributed by atoms with Crippen molar-refractivity contribution in [2.75, 3.05) is 6.26 Å². The molecule has 100 valence electrons. The molecule has 0 saturated carbocycles. The lowest BCUT2D eigenvalue weighted by atomic mass is 9.97. The minimum absolute atomic E-state index is 0.571. The molecular weight excluding hydrogens is 250 g/mol. The molecule has 0 atom stereocenters. The van der Waals surface area contributed by atoms with Gasteiger partial charge in [-0.25, -0.2) is 0 Å². The maximum Gasteiger partial charge on any atom is 0.0310 e. The van der Waals surface area contributed by atoms with Gasteiger partial charge in [0.05, 0.1) is 0 Å². The molecule has 19 heavy (non-hydrogen) atoms. The quantitative estimate of drug-likeness (QED) is 0.781. The Balaban J connectivity index is 2.28. The highest BCUT2D eigenvalue weighted by Crippen LogP contribution is 2.24. The molecule has 1 nitrogen and oxygen atoms in total. The third-order valence-corrected chi connectivity index (χ3v) is 3.67. The summed E-state index contributed by atoms with van der Waals surface area (Å²) < 4.78 is 3.29. The third-order valence-electron chi connectivity index (χ3n) is 3.23. The lowest BCUT2D eigenvalue weighted by Crippen LogP contribution is -2.01. The van der Waals surface area contributed by atoms with E-state index in [1.807, 2.05) is 0 Å². The maximum absolute atomic E-state index is 3.29. The number of hydrogen-bond donors (Lipinski definition) is 1. The highest BCUT2D eigenvalue weighted by molar-refractivity contribution is 7.96. The summed E-state index contributed by atoms with van der Waals surface area (Å²) in [5.74, 6) is 0.571. The van der Waals surface area contributed by atoms with E-state index in [2.05, 4.69) is 73.4 Å². The van der Waals surface area contributed by atoms with Gasteiger partial charge in [0.15, 0.2) is 0 Å². The molecule has 0 amide bonds. The van der Waals surface area contributed by atoms with E-state index in [9.17, 15) is 0 Å². The molecule has 0 saturated heterocycles. The van der Waals surface area contributed by atoms with Crippen LogP contribution in [0.2, 0.25) is 0 Å². The van der Waals surface area contributed by atoms with Crippen molar-refractivity contribution >= 4 is 11.9 Å². The fraction of sp³-hybridized carbons (Fsp3) is 0.294. The van der Waals surface area contributed by atoms with Gasteiger partial charge in [0.25, 0.3) is 0 Å². The zero-order valence-electron chi connectivity index (χ0n) is 11.8. The Morgan fingerprint density at radius 2 is 1.68 bits per heavy atom. The molecule has 0 aliphatic heterocycles. The molecule has 1 N–H and O–H groups in total. The second kappa shape index (κ2) is 6.78. The van der Waals surface area contributed by atoms with Gasteiger partial charge in [-0.3, -0.25) is 4.72 Å². The van der Waals surface area contributed by atoms with Crippen molar-refractivity contribution in [2.24, 2.45) is 0 Å². The fourth-order valence-electron chi connectivity index (χ4n) is 2.09. The van der Waals surface area contributed by atoms with Gasteiger partial charge in [0.2, 0.25) is 0 Å². The molecule has 0 aromatic heterocycles. The summed E-state index contributed by atoms with van der Waals surface area (Å²) in [6, 6.07) is 17.6. The normalized spacial score (nSPS) is 10.9. The molecule has 0 aliphatic rings. The average molecular weight is 271 g/mol. The Morgan fingerprint density at radius 1 is 1.00 bits per heavy atom.